The minimum absolute atomic E-state index is 0.104. The van der Waals surface area contributed by atoms with Crippen molar-refractivity contribution in [2.75, 3.05) is 0 Å². The number of nitro groups is 1. The second kappa shape index (κ2) is 4.72. The van der Waals surface area contributed by atoms with E-state index in [4.69, 9.17) is 9.84 Å². The number of rotatable bonds is 4. The number of aryl methyl sites for hydroxylation is 1. The highest BCUT2D eigenvalue weighted by Crippen LogP contribution is 2.30. The van der Waals surface area contributed by atoms with E-state index >= 15 is 0 Å². The van der Waals surface area contributed by atoms with E-state index in [9.17, 15) is 14.9 Å². The average molecular weight is 264 g/mol. The van der Waals surface area contributed by atoms with Crippen LogP contribution in [0.25, 0.3) is 0 Å². The lowest BCUT2D eigenvalue weighted by Crippen LogP contribution is -2.00. The van der Waals surface area contributed by atoms with Crippen LogP contribution in [0.4, 0.5) is 5.69 Å². The fourth-order valence-corrected chi connectivity index (χ4v) is 1.34. The third-order valence-corrected chi connectivity index (χ3v) is 2.18. The van der Waals surface area contributed by atoms with Gasteiger partial charge in [0.2, 0.25) is 5.75 Å². The monoisotopic (exact) mass is 264 g/mol. The number of ether oxygens (including phenoxy) is 1. The van der Waals surface area contributed by atoms with E-state index < -0.39 is 10.9 Å². The van der Waals surface area contributed by atoms with Gasteiger partial charge in [-0.2, -0.15) is 4.98 Å². The van der Waals surface area contributed by atoms with Crippen LogP contribution in [-0.4, -0.2) is 30.8 Å². The van der Waals surface area contributed by atoms with Crippen molar-refractivity contribution >= 4 is 11.7 Å². The summed E-state index contributed by atoms with van der Waals surface area (Å²) in [6, 6.07) is 3.13. The molecule has 0 aliphatic carbocycles. The van der Waals surface area contributed by atoms with Gasteiger partial charge in [0.05, 0.1) is 10.5 Å². The molecule has 0 atom stereocenters. The van der Waals surface area contributed by atoms with E-state index in [2.05, 4.69) is 10.1 Å². The molecule has 2 aromatic rings. The second-order valence-electron chi connectivity index (χ2n) is 3.55. The van der Waals surface area contributed by atoms with E-state index in [0.29, 0.717) is 0 Å². The lowest BCUT2D eigenvalue weighted by atomic mass is 10.2. The second-order valence-corrected chi connectivity index (χ2v) is 3.55. The number of carboxylic acid groups (broad SMARTS) is 1. The molecule has 0 bridgehead atoms. The molecule has 0 fully saturated rings. The Morgan fingerprint density at radius 2 is 2.26 bits per heavy atom. The number of aromatic nitrogens is 3. The summed E-state index contributed by atoms with van der Waals surface area (Å²) < 4.78 is 6.48. The zero-order valence-electron chi connectivity index (χ0n) is 9.68. The summed E-state index contributed by atoms with van der Waals surface area (Å²) in [5.41, 5.74) is -0.492. The van der Waals surface area contributed by atoms with Gasteiger partial charge in [0.15, 0.2) is 0 Å². The number of aromatic carboxylic acids is 1. The lowest BCUT2D eigenvalue weighted by Gasteiger charge is -2.03. The first-order chi connectivity index (χ1) is 8.97. The van der Waals surface area contributed by atoms with Gasteiger partial charge in [0.25, 0.3) is 0 Å². The molecule has 1 aromatic carbocycles. The van der Waals surface area contributed by atoms with Crippen molar-refractivity contribution in [2.45, 2.75) is 0 Å². The Morgan fingerprint density at radius 1 is 1.53 bits per heavy atom. The summed E-state index contributed by atoms with van der Waals surface area (Å²) in [7, 11) is 1.60. The van der Waals surface area contributed by atoms with E-state index in [1.807, 2.05) is 0 Å². The molecule has 9 nitrogen and oxygen atoms in total. The molecule has 0 saturated carbocycles. The first-order valence-electron chi connectivity index (χ1n) is 5.02. The molecule has 0 amide bonds. The number of carbonyl (C=O) groups is 1. The van der Waals surface area contributed by atoms with Crippen LogP contribution >= 0.6 is 0 Å². The molecule has 1 aromatic heterocycles. The lowest BCUT2D eigenvalue weighted by molar-refractivity contribution is -0.385. The van der Waals surface area contributed by atoms with Crippen molar-refractivity contribution in [3.8, 4) is 11.8 Å². The summed E-state index contributed by atoms with van der Waals surface area (Å²) >= 11 is 0. The van der Waals surface area contributed by atoms with E-state index in [-0.39, 0.29) is 23.0 Å². The Hall–Kier alpha value is -2.97. The summed E-state index contributed by atoms with van der Waals surface area (Å²) in [4.78, 5) is 24.7. The fourth-order valence-electron chi connectivity index (χ4n) is 1.34. The van der Waals surface area contributed by atoms with Crippen molar-refractivity contribution < 1.29 is 19.6 Å². The van der Waals surface area contributed by atoms with Crippen molar-refractivity contribution in [1.29, 1.82) is 0 Å². The Morgan fingerprint density at radius 3 is 2.79 bits per heavy atom. The van der Waals surface area contributed by atoms with Crippen LogP contribution in [-0.2, 0) is 7.05 Å². The third-order valence-electron chi connectivity index (χ3n) is 2.18. The zero-order valence-corrected chi connectivity index (χ0v) is 9.68. The Balaban J connectivity index is 2.42. The summed E-state index contributed by atoms with van der Waals surface area (Å²) in [6.07, 6.45) is 1.35. The number of nitrogens with zero attached hydrogens (tertiary/aromatic N) is 4. The Labute approximate surface area is 106 Å². The molecular formula is C10H8N4O5. The molecule has 0 spiro atoms. The Kier molecular flexibility index (Phi) is 3.10. The molecule has 98 valence electrons. The van der Waals surface area contributed by atoms with Crippen LogP contribution in [0.1, 0.15) is 10.4 Å². The average Bonchev–Trinajstić information content (AvgIpc) is 2.74. The van der Waals surface area contributed by atoms with Gasteiger partial charge in [0, 0.05) is 19.2 Å². The first-order valence-corrected chi connectivity index (χ1v) is 5.02. The zero-order chi connectivity index (χ0) is 14.0. The van der Waals surface area contributed by atoms with Crippen LogP contribution in [0.2, 0.25) is 0 Å². The summed E-state index contributed by atoms with van der Waals surface area (Å²) in [6.45, 7) is 0. The largest absolute Gasteiger partial charge is 0.478 e. The van der Waals surface area contributed by atoms with Crippen LogP contribution in [0, 0.1) is 10.1 Å². The van der Waals surface area contributed by atoms with Gasteiger partial charge in [-0.3, -0.25) is 14.8 Å². The molecule has 0 unspecified atom stereocenters. The maximum Gasteiger partial charge on any atom is 0.341 e. The number of hydrogen-bond acceptors (Lipinski definition) is 6. The van der Waals surface area contributed by atoms with Gasteiger partial charge < -0.3 is 9.84 Å². The van der Waals surface area contributed by atoms with E-state index in [1.54, 1.807) is 7.05 Å². The maximum absolute atomic E-state index is 10.8. The molecule has 0 saturated heterocycles. The minimum Gasteiger partial charge on any atom is -0.478 e. The third kappa shape index (κ3) is 2.65. The van der Waals surface area contributed by atoms with Crippen LogP contribution in [0.3, 0.4) is 0 Å². The van der Waals surface area contributed by atoms with Gasteiger partial charge >= 0.3 is 17.7 Å². The van der Waals surface area contributed by atoms with Gasteiger partial charge in [-0.05, 0) is 6.07 Å². The minimum atomic E-state index is -1.21. The normalized spacial score (nSPS) is 10.2. The number of carboxylic acids is 1. The van der Waals surface area contributed by atoms with Crippen LogP contribution < -0.4 is 4.74 Å². The van der Waals surface area contributed by atoms with Crippen molar-refractivity contribution in [3.05, 3.63) is 40.2 Å². The SMILES string of the molecule is Cn1cnc(Oc2cc(C(=O)O)ccc2[N+](=O)[O-])n1. The summed E-state index contributed by atoms with van der Waals surface area (Å²) in [5.74, 6) is -1.44. The highest BCUT2D eigenvalue weighted by molar-refractivity contribution is 5.88. The Bertz CT molecular complexity index is 651. The smallest absolute Gasteiger partial charge is 0.341 e. The molecule has 1 N–H and O–H groups in total. The predicted octanol–water partition coefficient (Wildman–Crippen LogP) is 1.21. The van der Waals surface area contributed by atoms with Gasteiger partial charge in [-0.15, -0.1) is 5.10 Å². The molecular weight excluding hydrogens is 256 g/mol. The number of hydrogen-bond donors (Lipinski definition) is 1. The highest BCUT2D eigenvalue weighted by Gasteiger charge is 2.19. The summed E-state index contributed by atoms with van der Waals surface area (Å²) in [5, 5.41) is 23.5. The molecule has 1 heterocycles. The molecule has 19 heavy (non-hydrogen) atoms. The van der Waals surface area contributed by atoms with Gasteiger partial charge in [0.1, 0.15) is 6.33 Å². The fraction of sp³-hybridized carbons (Fsp3) is 0.100. The van der Waals surface area contributed by atoms with Crippen molar-refractivity contribution in [3.63, 3.8) is 0 Å². The van der Waals surface area contributed by atoms with E-state index in [0.717, 1.165) is 18.2 Å². The number of nitro benzene ring substituents is 1. The molecule has 0 radical (unpaired) electrons. The first kappa shape index (κ1) is 12.5. The van der Waals surface area contributed by atoms with Crippen LogP contribution in [0.15, 0.2) is 24.5 Å². The quantitative estimate of drug-likeness (QED) is 0.650. The molecule has 9 heteroatoms. The molecule has 0 aliphatic heterocycles. The van der Waals surface area contributed by atoms with Gasteiger partial charge in [-0.1, -0.05) is 0 Å². The number of benzene rings is 1. The van der Waals surface area contributed by atoms with Crippen molar-refractivity contribution in [1.82, 2.24) is 14.8 Å². The van der Waals surface area contributed by atoms with E-state index in [1.165, 1.54) is 11.0 Å². The standard InChI is InChI=1S/C10H8N4O5/c1-13-5-11-10(12-13)19-8-4-6(9(15)16)2-3-7(8)14(17)18/h2-5H,1H3,(H,15,16). The van der Waals surface area contributed by atoms with Crippen LogP contribution in [0.5, 0.6) is 11.8 Å². The van der Waals surface area contributed by atoms with Crippen molar-refractivity contribution in [2.24, 2.45) is 7.05 Å². The van der Waals surface area contributed by atoms with Gasteiger partial charge in [-0.25, -0.2) is 4.79 Å². The highest BCUT2D eigenvalue weighted by atomic mass is 16.6. The molecule has 0 aliphatic rings. The predicted molar refractivity (Wildman–Crippen MR) is 61.1 cm³/mol. The topological polar surface area (TPSA) is 120 Å². The maximum atomic E-state index is 10.8. The molecule has 2 rings (SSSR count).